The molecule has 0 N–H and O–H groups in total. The maximum atomic E-state index is 13.1. The van der Waals surface area contributed by atoms with Crippen LogP contribution >= 0.6 is 0 Å². The van der Waals surface area contributed by atoms with Crippen LogP contribution in [0.5, 0.6) is 0 Å². The molecule has 2 aromatic rings. The lowest BCUT2D eigenvalue weighted by Gasteiger charge is -2.36. The van der Waals surface area contributed by atoms with E-state index in [0.717, 1.165) is 0 Å². The topological polar surface area (TPSA) is 90.4 Å². The van der Waals surface area contributed by atoms with Crippen LogP contribution in [0.2, 0.25) is 0 Å². The van der Waals surface area contributed by atoms with Crippen LogP contribution in [0, 0.1) is 31.0 Å². The van der Waals surface area contributed by atoms with Crippen molar-refractivity contribution >= 4 is 10.0 Å². The Morgan fingerprint density at radius 3 is 2.31 bits per heavy atom. The summed E-state index contributed by atoms with van der Waals surface area (Å²) in [5.41, 5.74) is 1.03. The van der Waals surface area contributed by atoms with Crippen LogP contribution in [0.3, 0.4) is 0 Å². The Morgan fingerprint density at radius 1 is 1.19 bits per heavy atom. The monoisotopic (exact) mass is 378 g/mol. The molecule has 9 heteroatoms. The number of sulfonamides is 1. The molecule has 1 aliphatic heterocycles. The van der Waals surface area contributed by atoms with Crippen molar-refractivity contribution in [3.05, 3.63) is 47.1 Å². The van der Waals surface area contributed by atoms with Gasteiger partial charge in [-0.15, -0.1) is 0 Å². The highest BCUT2D eigenvalue weighted by atomic mass is 32.2. The minimum atomic E-state index is -3.69. The van der Waals surface area contributed by atoms with E-state index in [-0.39, 0.29) is 29.6 Å². The Labute approximate surface area is 151 Å². The SMILES string of the molecule is Cc1noc(C)c1S(=O)(=O)N1CCN(C(C#N)c2ccc(F)cc2)CC1. The van der Waals surface area contributed by atoms with Crippen LogP contribution in [0.25, 0.3) is 0 Å². The summed E-state index contributed by atoms with van der Waals surface area (Å²) in [6.45, 7) is 4.48. The summed E-state index contributed by atoms with van der Waals surface area (Å²) >= 11 is 0. The standard InChI is InChI=1S/C17H19FN4O3S/c1-12-17(13(2)25-20-12)26(23,24)22-9-7-21(8-10-22)16(11-19)14-3-5-15(18)6-4-14/h3-6,16H,7-10H2,1-2H3. The van der Waals surface area contributed by atoms with Crippen molar-refractivity contribution in [2.75, 3.05) is 26.2 Å². The van der Waals surface area contributed by atoms with Crippen LogP contribution in [-0.2, 0) is 10.0 Å². The van der Waals surface area contributed by atoms with Crippen molar-refractivity contribution in [3.8, 4) is 6.07 Å². The Morgan fingerprint density at radius 2 is 1.81 bits per heavy atom. The van der Waals surface area contributed by atoms with Crippen LogP contribution in [0.4, 0.5) is 4.39 Å². The molecule has 0 aliphatic carbocycles. The molecular weight excluding hydrogens is 359 g/mol. The van der Waals surface area contributed by atoms with E-state index in [1.54, 1.807) is 26.0 Å². The molecule has 1 aliphatic rings. The van der Waals surface area contributed by atoms with Gasteiger partial charge in [-0.2, -0.15) is 9.57 Å². The van der Waals surface area contributed by atoms with Gasteiger partial charge in [-0.3, -0.25) is 4.90 Å². The molecular formula is C17H19FN4O3S. The average molecular weight is 378 g/mol. The van der Waals surface area contributed by atoms with E-state index in [4.69, 9.17) is 4.52 Å². The summed E-state index contributed by atoms with van der Waals surface area (Å²) in [5, 5.41) is 13.2. The largest absolute Gasteiger partial charge is 0.360 e. The molecule has 1 atom stereocenters. The summed E-state index contributed by atoms with van der Waals surface area (Å²) in [4.78, 5) is 2.01. The normalized spacial score (nSPS) is 17.8. The number of nitriles is 1. The predicted molar refractivity (Wildman–Crippen MR) is 91.1 cm³/mol. The summed E-state index contributed by atoms with van der Waals surface area (Å²) in [6.07, 6.45) is 0. The maximum Gasteiger partial charge on any atom is 0.248 e. The Kier molecular flexibility index (Phi) is 5.09. The van der Waals surface area contributed by atoms with E-state index in [1.807, 2.05) is 4.90 Å². The molecule has 1 fully saturated rings. The molecule has 1 aromatic carbocycles. The number of rotatable bonds is 4. The number of hydrogen-bond acceptors (Lipinski definition) is 6. The molecule has 2 heterocycles. The first-order valence-corrected chi connectivity index (χ1v) is 9.60. The van der Waals surface area contributed by atoms with Gasteiger partial charge in [0.1, 0.15) is 22.4 Å². The molecule has 26 heavy (non-hydrogen) atoms. The Hall–Kier alpha value is -2.28. The second-order valence-electron chi connectivity index (χ2n) is 6.18. The molecule has 3 rings (SSSR count). The molecule has 0 bridgehead atoms. The molecule has 1 unspecified atom stereocenters. The van der Waals surface area contributed by atoms with Crippen LogP contribution in [0.15, 0.2) is 33.7 Å². The lowest BCUT2D eigenvalue weighted by molar-refractivity contribution is 0.162. The fourth-order valence-electron chi connectivity index (χ4n) is 3.19. The Balaban J connectivity index is 1.74. The van der Waals surface area contributed by atoms with Crippen LogP contribution in [0.1, 0.15) is 23.1 Å². The van der Waals surface area contributed by atoms with Gasteiger partial charge in [0.05, 0.1) is 6.07 Å². The molecule has 138 valence electrons. The second-order valence-corrected chi connectivity index (χ2v) is 8.05. The van der Waals surface area contributed by atoms with E-state index in [2.05, 4.69) is 11.2 Å². The fourth-order valence-corrected chi connectivity index (χ4v) is 4.90. The van der Waals surface area contributed by atoms with Crippen molar-refractivity contribution in [2.24, 2.45) is 0 Å². The van der Waals surface area contributed by atoms with Gasteiger partial charge in [0.25, 0.3) is 0 Å². The van der Waals surface area contributed by atoms with Crippen LogP contribution in [-0.4, -0.2) is 49.0 Å². The second kappa shape index (κ2) is 7.15. The van der Waals surface area contributed by atoms with Gasteiger partial charge in [-0.05, 0) is 31.5 Å². The van der Waals surface area contributed by atoms with Crippen molar-refractivity contribution in [1.82, 2.24) is 14.4 Å². The third kappa shape index (κ3) is 3.35. The fraction of sp³-hybridized carbons (Fsp3) is 0.412. The highest BCUT2D eigenvalue weighted by Gasteiger charge is 2.35. The summed E-state index contributed by atoms with van der Waals surface area (Å²) in [5.74, 6) is -0.0908. The number of hydrogen-bond donors (Lipinski definition) is 0. The van der Waals surface area contributed by atoms with Gasteiger partial charge in [0, 0.05) is 26.2 Å². The zero-order chi connectivity index (χ0) is 18.9. The number of aromatic nitrogens is 1. The van der Waals surface area contributed by atoms with E-state index >= 15 is 0 Å². The lowest BCUT2D eigenvalue weighted by Crippen LogP contribution is -2.49. The van der Waals surface area contributed by atoms with E-state index < -0.39 is 16.1 Å². The molecule has 1 aromatic heterocycles. The third-order valence-corrected chi connectivity index (χ3v) is 6.66. The lowest BCUT2D eigenvalue weighted by atomic mass is 10.1. The molecule has 0 spiro atoms. The minimum absolute atomic E-state index is 0.112. The zero-order valence-electron chi connectivity index (χ0n) is 14.5. The number of nitrogens with zero attached hydrogens (tertiary/aromatic N) is 4. The van der Waals surface area contributed by atoms with E-state index in [1.165, 1.54) is 16.4 Å². The first kappa shape index (κ1) is 18.5. The van der Waals surface area contributed by atoms with Gasteiger partial charge in [-0.1, -0.05) is 17.3 Å². The quantitative estimate of drug-likeness (QED) is 0.808. The summed E-state index contributed by atoms with van der Waals surface area (Å²) < 4.78 is 45.1. The van der Waals surface area contributed by atoms with Crippen LogP contribution < -0.4 is 0 Å². The number of aryl methyl sites for hydroxylation is 2. The molecule has 7 nitrogen and oxygen atoms in total. The van der Waals surface area contributed by atoms with Gasteiger partial charge in [-0.25, -0.2) is 12.8 Å². The average Bonchev–Trinajstić information content (AvgIpc) is 2.97. The van der Waals surface area contributed by atoms with Crippen molar-refractivity contribution in [1.29, 1.82) is 5.26 Å². The number of benzene rings is 1. The predicted octanol–water partition coefficient (Wildman–Crippen LogP) is 2.00. The van der Waals surface area contributed by atoms with Gasteiger partial charge in [0.15, 0.2) is 5.76 Å². The van der Waals surface area contributed by atoms with Crippen molar-refractivity contribution < 1.29 is 17.3 Å². The van der Waals surface area contributed by atoms with Gasteiger partial charge < -0.3 is 4.52 Å². The highest BCUT2D eigenvalue weighted by molar-refractivity contribution is 7.89. The molecule has 1 saturated heterocycles. The van der Waals surface area contributed by atoms with Gasteiger partial charge in [0.2, 0.25) is 10.0 Å². The smallest absolute Gasteiger partial charge is 0.248 e. The van der Waals surface area contributed by atoms with E-state index in [0.29, 0.717) is 24.3 Å². The maximum absolute atomic E-state index is 13.1. The number of halogens is 1. The third-order valence-electron chi connectivity index (χ3n) is 4.51. The number of piperazine rings is 1. The van der Waals surface area contributed by atoms with Gasteiger partial charge >= 0.3 is 0 Å². The first-order chi connectivity index (χ1) is 12.3. The zero-order valence-corrected chi connectivity index (χ0v) is 15.3. The molecule has 0 amide bonds. The first-order valence-electron chi connectivity index (χ1n) is 8.16. The highest BCUT2D eigenvalue weighted by Crippen LogP contribution is 2.27. The minimum Gasteiger partial charge on any atom is -0.360 e. The van der Waals surface area contributed by atoms with Crippen molar-refractivity contribution in [2.45, 2.75) is 24.8 Å². The summed E-state index contributed by atoms with van der Waals surface area (Å²) in [6, 6.07) is 7.47. The summed E-state index contributed by atoms with van der Waals surface area (Å²) in [7, 11) is -3.69. The molecule has 0 radical (unpaired) electrons. The van der Waals surface area contributed by atoms with E-state index in [9.17, 15) is 18.1 Å². The van der Waals surface area contributed by atoms with Crippen molar-refractivity contribution in [3.63, 3.8) is 0 Å². The Bertz CT molecular complexity index is 906. The molecule has 0 saturated carbocycles.